The van der Waals surface area contributed by atoms with Crippen molar-refractivity contribution in [3.8, 4) is 0 Å². The predicted molar refractivity (Wildman–Crippen MR) is 122 cm³/mol. The van der Waals surface area contributed by atoms with Gasteiger partial charge in [-0.05, 0) is 36.4 Å². The Kier molecular flexibility index (Phi) is 6.88. The number of carbonyl (C=O) groups is 2. The van der Waals surface area contributed by atoms with E-state index in [2.05, 4.69) is 31.0 Å². The number of anilines is 4. The van der Waals surface area contributed by atoms with Crippen molar-refractivity contribution in [3.05, 3.63) is 72.4 Å². The lowest BCUT2D eigenvalue weighted by Crippen LogP contribution is -2.36. The molecule has 0 saturated carbocycles. The molecule has 0 bridgehead atoms. The minimum Gasteiger partial charge on any atom is -0.378 e. The van der Waals surface area contributed by atoms with Crippen molar-refractivity contribution < 1.29 is 14.3 Å². The van der Waals surface area contributed by atoms with Crippen molar-refractivity contribution >= 4 is 34.7 Å². The predicted octanol–water partition coefficient (Wildman–Crippen LogP) is 2.43. The highest BCUT2D eigenvalue weighted by Crippen LogP contribution is 2.21. The van der Waals surface area contributed by atoms with Gasteiger partial charge in [-0.1, -0.05) is 18.2 Å². The SMILES string of the molecule is O=C(CNC(=O)c1ccccc1)Nc1ccc(Nc2cc(N3CCOCC3)cnn2)cc1. The molecule has 2 heterocycles. The molecule has 9 heteroatoms. The van der Waals surface area contributed by atoms with Gasteiger partial charge < -0.3 is 25.6 Å². The van der Waals surface area contributed by atoms with Gasteiger partial charge in [0.15, 0.2) is 5.82 Å². The van der Waals surface area contributed by atoms with Crippen molar-refractivity contribution in [2.75, 3.05) is 48.4 Å². The first kappa shape index (κ1) is 21.3. The van der Waals surface area contributed by atoms with Gasteiger partial charge in [0.05, 0.1) is 31.6 Å². The molecule has 1 aromatic heterocycles. The maximum Gasteiger partial charge on any atom is 0.251 e. The number of morpholine rings is 1. The third kappa shape index (κ3) is 5.79. The molecule has 1 aliphatic heterocycles. The third-order valence-electron chi connectivity index (χ3n) is 4.90. The van der Waals surface area contributed by atoms with E-state index >= 15 is 0 Å². The standard InChI is InChI=1S/C23H24N6O3/c30-22(16-24-23(31)17-4-2-1-3-5-17)27-19-8-6-18(7-9-19)26-21-14-20(15-25-28-21)29-10-12-32-13-11-29/h1-9,14-15H,10-13,16H2,(H,24,31)(H,26,28)(H,27,30). The van der Waals surface area contributed by atoms with Gasteiger partial charge in [-0.2, -0.15) is 5.10 Å². The van der Waals surface area contributed by atoms with Crippen LogP contribution in [0.15, 0.2) is 66.9 Å². The number of rotatable bonds is 7. The first-order valence-corrected chi connectivity index (χ1v) is 10.3. The maximum atomic E-state index is 12.1. The number of hydrogen-bond acceptors (Lipinski definition) is 7. The van der Waals surface area contributed by atoms with Crippen LogP contribution < -0.4 is 20.9 Å². The van der Waals surface area contributed by atoms with Crippen LogP contribution >= 0.6 is 0 Å². The molecule has 32 heavy (non-hydrogen) atoms. The molecule has 0 spiro atoms. The number of aromatic nitrogens is 2. The summed E-state index contributed by atoms with van der Waals surface area (Å²) in [5.74, 6) is 0.0363. The zero-order chi connectivity index (χ0) is 22.2. The molecule has 1 saturated heterocycles. The van der Waals surface area contributed by atoms with E-state index in [0.717, 1.165) is 24.5 Å². The van der Waals surface area contributed by atoms with E-state index in [1.54, 1.807) is 42.6 Å². The van der Waals surface area contributed by atoms with Crippen LogP contribution in [0, 0.1) is 0 Å². The fourth-order valence-electron chi connectivity index (χ4n) is 3.25. The highest BCUT2D eigenvalue weighted by molar-refractivity contribution is 5.99. The molecule has 0 atom stereocenters. The first-order chi connectivity index (χ1) is 15.7. The summed E-state index contributed by atoms with van der Waals surface area (Å²) >= 11 is 0. The molecule has 2 amide bonds. The van der Waals surface area contributed by atoms with E-state index in [1.807, 2.05) is 24.3 Å². The van der Waals surface area contributed by atoms with Gasteiger partial charge in [-0.3, -0.25) is 9.59 Å². The fraction of sp³-hybridized carbons (Fsp3) is 0.217. The van der Waals surface area contributed by atoms with Crippen LogP contribution in [-0.2, 0) is 9.53 Å². The molecule has 1 fully saturated rings. The molecular formula is C23H24N6O3. The number of benzene rings is 2. The maximum absolute atomic E-state index is 12.1. The molecular weight excluding hydrogens is 408 g/mol. The minimum absolute atomic E-state index is 0.113. The van der Waals surface area contributed by atoms with E-state index in [4.69, 9.17) is 4.74 Å². The van der Waals surface area contributed by atoms with E-state index in [9.17, 15) is 9.59 Å². The lowest BCUT2D eigenvalue weighted by atomic mass is 10.2. The second-order valence-corrected chi connectivity index (χ2v) is 7.20. The van der Waals surface area contributed by atoms with Gasteiger partial charge in [0.25, 0.3) is 5.91 Å². The highest BCUT2D eigenvalue weighted by atomic mass is 16.5. The summed E-state index contributed by atoms with van der Waals surface area (Å²) in [5.41, 5.74) is 2.94. The first-order valence-electron chi connectivity index (χ1n) is 10.3. The molecule has 0 aliphatic carbocycles. The Labute approximate surface area is 185 Å². The lowest BCUT2D eigenvalue weighted by molar-refractivity contribution is -0.115. The molecule has 3 aromatic rings. The molecule has 0 unspecified atom stereocenters. The van der Waals surface area contributed by atoms with E-state index in [0.29, 0.717) is 30.3 Å². The molecule has 2 aromatic carbocycles. The summed E-state index contributed by atoms with van der Waals surface area (Å²) in [4.78, 5) is 26.4. The van der Waals surface area contributed by atoms with Gasteiger partial charge in [-0.25, -0.2) is 0 Å². The number of amides is 2. The summed E-state index contributed by atoms with van der Waals surface area (Å²) < 4.78 is 5.39. The number of ether oxygens (including phenoxy) is 1. The molecule has 3 N–H and O–H groups in total. The second kappa shape index (κ2) is 10.4. The number of hydrogen-bond donors (Lipinski definition) is 3. The smallest absolute Gasteiger partial charge is 0.251 e. The van der Waals surface area contributed by atoms with Gasteiger partial charge in [-0.15, -0.1) is 5.10 Å². The van der Waals surface area contributed by atoms with Crippen LogP contribution in [0.2, 0.25) is 0 Å². The van der Waals surface area contributed by atoms with Crippen molar-refractivity contribution in [2.45, 2.75) is 0 Å². The normalized spacial score (nSPS) is 13.3. The third-order valence-corrected chi connectivity index (χ3v) is 4.90. The van der Waals surface area contributed by atoms with Crippen LogP contribution in [0.1, 0.15) is 10.4 Å². The van der Waals surface area contributed by atoms with Gasteiger partial charge in [0.1, 0.15) is 0 Å². The molecule has 4 rings (SSSR count). The molecule has 1 aliphatic rings. The fourth-order valence-corrected chi connectivity index (χ4v) is 3.25. The average Bonchev–Trinajstić information content (AvgIpc) is 2.85. The Balaban J connectivity index is 1.28. The average molecular weight is 432 g/mol. The number of nitrogens with zero attached hydrogens (tertiary/aromatic N) is 3. The minimum atomic E-state index is -0.306. The zero-order valence-electron chi connectivity index (χ0n) is 17.5. The monoisotopic (exact) mass is 432 g/mol. The Morgan fingerprint density at radius 1 is 0.969 bits per heavy atom. The van der Waals surface area contributed by atoms with E-state index < -0.39 is 0 Å². The summed E-state index contributed by atoms with van der Waals surface area (Å²) in [6, 6.07) is 17.9. The van der Waals surface area contributed by atoms with Crippen LogP contribution in [0.5, 0.6) is 0 Å². The zero-order valence-corrected chi connectivity index (χ0v) is 17.5. The van der Waals surface area contributed by atoms with Crippen molar-refractivity contribution in [1.29, 1.82) is 0 Å². The molecule has 0 radical (unpaired) electrons. The van der Waals surface area contributed by atoms with Crippen molar-refractivity contribution in [2.24, 2.45) is 0 Å². The van der Waals surface area contributed by atoms with E-state index in [-0.39, 0.29) is 18.4 Å². The topological polar surface area (TPSA) is 108 Å². The summed E-state index contributed by atoms with van der Waals surface area (Å²) in [6.45, 7) is 2.94. The van der Waals surface area contributed by atoms with Gasteiger partial charge in [0, 0.05) is 36.1 Å². The van der Waals surface area contributed by atoms with E-state index in [1.165, 1.54) is 0 Å². The Hall–Kier alpha value is -3.98. The number of nitrogens with one attached hydrogen (secondary N) is 3. The molecule has 9 nitrogen and oxygen atoms in total. The summed E-state index contributed by atoms with van der Waals surface area (Å²) in [6.07, 6.45) is 1.74. The Bertz CT molecular complexity index is 1050. The quantitative estimate of drug-likeness (QED) is 0.526. The largest absolute Gasteiger partial charge is 0.378 e. The summed E-state index contributed by atoms with van der Waals surface area (Å²) in [7, 11) is 0. The molecule has 164 valence electrons. The van der Waals surface area contributed by atoms with Gasteiger partial charge in [0.2, 0.25) is 5.91 Å². The highest BCUT2D eigenvalue weighted by Gasteiger charge is 2.12. The van der Waals surface area contributed by atoms with Crippen molar-refractivity contribution in [1.82, 2.24) is 15.5 Å². The second-order valence-electron chi connectivity index (χ2n) is 7.20. The lowest BCUT2D eigenvalue weighted by Gasteiger charge is -2.28. The van der Waals surface area contributed by atoms with Crippen LogP contribution in [0.3, 0.4) is 0 Å². The van der Waals surface area contributed by atoms with Crippen LogP contribution in [0.25, 0.3) is 0 Å². The Morgan fingerprint density at radius 2 is 1.69 bits per heavy atom. The van der Waals surface area contributed by atoms with Crippen LogP contribution in [-0.4, -0.2) is 54.9 Å². The van der Waals surface area contributed by atoms with Crippen molar-refractivity contribution in [3.63, 3.8) is 0 Å². The summed E-state index contributed by atoms with van der Waals surface area (Å²) in [5, 5.41) is 16.8. The Morgan fingerprint density at radius 3 is 2.44 bits per heavy atom. The number of carbonyl (C=O) groups excluding carboxylic acids is 2. The van der Waals surface area contributed by atoms with Gasteiger partial charge >= 0.3 is 0 Å². The van der Waals surface area contributed by atoms with Crippen LogP contribution in [0.4, 0.5) is 22.9 Å².